The van der Waals surface area contributed by atoms with Gasteiger partial charge in [-0.15, -0.1) is 6.42 Å². The Hall–Kier alpha value is -2.55. The van der Waals surface area contributed by atoms with E-state index in [1.54, 1.807) is 6.33 Å². The van der Waals surface area contributed by atoms with Crippen LogP contribution in [0.4, 0.5) is 5.82 Å². The number of hydrogen-bond acceptors (Lipinski definition) is 4. The molecule has 0 N–H and O–H groups in total. The van der Waals surface area contributed by atoms with Gasteiger partial charge in [-0.3, -0.25) is 4.79 Å². The monoisotopic (exact) mass is 367 g/mol. The van der Waals surface area contributed by atoms with Crippen LogP contribution in [0.3, 0.4) is 0 Å². The first-order valence-corrected chi connectivity index (χ1v) is 9.50. The first kappa shape index (κ1) is 19.2. The Balaban J connectivity index is 1.93. The molecule has 0 radical (unpaired) electrons. The minimum absolute atomic E-state index is 0.0366. The number of amides is 1. The molecule has 3 rings (SSSR count). The number of fused-ring (bicyclic) bond motifs is 1. The molecule has 2 atom stereocenters. The van der Waals surface area contributed by atoms with Gasteiger partial charge >= 0.3 is 0 Å². The number of anilines is 1. The zero-order valence-corrected chi connectivity index (χ0v) is 16.9. The van der Waals surface area contributed by atoms with Crippen molar-refractivity contribution < 1.29 is 4.79 Å². The van der Waals surface area contributed by atoms with Crippen LogP contribution in [0.5, 0.6) is 0 Å². The molecular weight excluding hydrogens is 338 g/mol. The van der Waals surface area contributed by atoms with Gasteiger partial charge < -0.3 is 14.4 Å². The summed E-state index contributed by atoms with van der Waals surface area (Å²) in [5.74, 6) is 3.87. The lowest BCUT2D eigenvalue weighted by atomic mass is 9.92. The molecule has 1 saturated heterocycles. The van der Waals surface area contributed by atoms with Gasteiger partial charge in [0.1, 0.15) is 17.8 Å². The van der Waals surface area contributed by atoms with Crippen LogP contribution in [0.1, 0.15) is 40.5 Å². The van der Waals surface area contributed by atoms with Crippen LogP contribution in [0.15, 0.2) is 18.6 Å². The van der Waals surface area contributed by atoms with E-state index in [4.69, 9.17) is 6.42 Å². The van der Waals surface area contributed by atoms with Crippen molar-refractivity contribution in [2.24, 2.45) is 5.92 Å². The summed E-state index contributed by atoms with van der Waals surface area (Å²) < 4.78 is 2.18. The summed E-state index contributed by atoms with van der Waals surface area (Å²) in [5.41, 5.74) is 0.880. The summed E-state index contributed by atoms with van der Waals surface area (Å²) in [5, 5.41) is 1.04. The minimum Gasteiger partial charge on any atom is -0.354 e. The van der Waals surface area contributed by atoms with Crippen LogP contribution >= 0.6 is 0 Å². The van der Waals surface area contributed by atoms with Crippen molar-refractivity contribution in [2.45, 2.75) is 52.1 Å². The van der Waals surface area contributed by atoms with Crippen LogP contribution < -0.4 is 4.90 Å². The molecule has 0 saturated carbocycles. The highest BCUT2D eigenvalue weighted by atomic mass is 16.2. The Morgan fingerprint density at radius 3 is 2.81 bits per heavy atom. The predicted octanol–water partition coefficient (Wildman–Crippen LogP) is 2.88. The van der Waals surface area contributed by atoms with Crippen molar-refractivity contribution in [3.05, 3.63) is 18.6 Å². The molecule has 2 aromatic rings. The summed E-state index contributed by atoms with van der Waals surface area (Å²) in [4.78, 5) is 25.5. The Bertz CT molecular complexity index is 873. The van der Waals surface area contributed by atoms with E-state index in [1.165, 1.54) is 0 Å². The second-order valence-corrected chi connectivity index (χ2v) is 8.46. The highest BCUT2D eigenvalue weighted by Gasteiger charge is 2.32. The van der Waals surface area contributed by atoms with Crippen molar-refractivity contribution in [1.29, 1.82) is 0 Å². The summed E-state index contributed by atoms with van der Waals surface area (Å²) in [6.07, 6.45) is 10.1. The maximum absolute atomic E-state index is 12.3. The molecule has 27 heavy (non-hydrogen) atoms. The van der Waals surface area contributed by atoms with E-state index in [9.17, 15) is 4.79 Å². The molecule has 1 aliphatic rings. The zero-order chi connectivity index (χ0) is 19.8. The maximum atomic E-state index is 12.3. The van der Waals surface area contributed by atoms with Gasteiger partial charge in [0, 0.05) is 31.9 Å². The minimum atomic E-state index is -0.0531. The summed E-state index contributed by atoms with van der Waals surface area (Å²) in [6, 6.07) is 2.28. The van der Waals surface area contributed by atoms with Gasteiger partial charge in [0.25, 0.3) is 0 Å². The molecule has 6 heteroatoms. The number of carbonyl (C=O) groups excluding carboxylic acids is 1. The molecule has 0 aromatic carbocycles. The fourth-order valence-electron chi connectivity index (χ4n) is 3.90. The van der Waals surface area contributed by atoms with E-state index < -0.39 is 0 Å². The smallest absolute Gasteiger partial charge is 0.234 e. The van der Waals surface area contributed by atoms with E-state index in [0.717, 1.165) is 29.8 Å². The number of likely N-dealkylation sites (tertiary alicyclic amines) is 1. The first-order valence-electron chi connectivity index (χ1n) is 9.50. The van der Waals surface area contributed by atoms with Gasteiger partial charge in [0.05, 0.1) is 17.8 Å². The third kappa shape index (κ3) is 3.64. The summed E-state index contributed by atoms with van der Waals surface area (Å²) in [7, 11) is 2.06. The van der Waals surface area contributed by atoms with Crippen molar-refractivity contribution in [3.63, 3.8) is 0 Å². The predicted molar refractivity (Wildman–Crippen MR) is 109 cm³/mol. The fraction of sp³-hybridized carbons (Fsp3) is 0.571. The number of nitrogens with zero attached hydrogens (tertiary/aromatic N) is 5. The maximum Gasteiger partial charge on any atom is 0.234 e. The first-order chi connectivity index (χ1) is 12.7. The SMILES string of the molecule is C#CCC(=O)N1CC[C@@H](C)[C@@H](N(C)c2ncnc3c2ccn3C(C)(C)C)C1. The normalized spacial score (nSPS) is 20.5. The van der Waals surface area contributed by atoms with Crippen LogP contribution in [0, 0.1) is 18.3 Å². The topological polar surface area (TPSA) is 54.3 Å². The quantitative estimate of drug-likeness (QED) is 0.783. The molecule has 2 aromatic heterocycles. The summed E-state index contributed by atoms with van der Waals surface area (Å²) in [6.45, 7) is 10.2. The Morgan fingerprint density at radius 2 is 2.15 bits per heavy atom. The highest BCUT2D eigenvalue weighted by Crippen LogP contribution is 2.31. The number of likely N-dealkylation sites (N-methyl/N-ethyl adjacent to an activating group) is 1. The number of terminal acetylenes is 1. The molecule has 1 fully saturated rings. The van der Waals surface area contributed by atoms with E-state index >= 15 is 0 Å². The highest BCUT2D eigenvalue weighted by molar-refractivity contribution is 5.88. The van der Waals surface area contributed by atoms with E-state index in [-0.39, 0.29) is 23.9 Å². The van der Waals surface area contributed by atoms with Crippen LogP contribution in [0.25, 0.3) is 11.0 Å². The zero-order valence-electron chi connectivity index (χ0n) is 16.9. The van der Waals surface area contributed by atoms with Crippen molar-refractivity contribution >= 4 is 22.8 Å². The number of rotatable bonds is 3. The Labute approximate surface area is 161 Å². The molecule has 0 spiro atoms. The Morgan fingerprint density at radius 1 is 1.41 bits per heavy atom. The van der Waals surface area contributed by atoms with Crippen LogP contribution in [-0.2, 0) is 10.3 Å². The lowest BCUT2D eigenvalue weighted by Crippen LogP contribution is -2.52. The number of carbonyl (C=O) groups is 1. The van der Waals surface area contributed by atoms with Crippen molar-refractivity contribution in [1.82, 2.24) is 19.4 Å². The molecule has 1 aliphatic heterocycles. The number of aromatic nitrogens is 3. The lowest BCUT2D eigenvalue weighted by Gasteiger charge is -2.42. The average Bonchev–Trinajstić information content (AvgIpc) is 3.06. The second kappa shape index (κ2) is 7.22. The number of hydrogen-bond donors (Lipinski definition) is 0. The molecule has 0 bridgehead atoms. The van der Waals surface area contributed by atoms with Crippen molar-refractivity contribution in [2.75, 3.05) is 25.0 Å². The van der Waals surface area contributed by atoms with E-state index in [0.29, 0.717) is 12.5 Å². The van der Waals surface area contributed by atoms with Crippen LogP contribution in [-0.4, -0.2) is 51.5 Å². The standard InChI is InChI=1S/C21H29N5O/c1-7-8-18(27)25-11-9-15(2)17(13-25)24(6)19-16-10-12-26(21(3,4)5)20(16)23-14-22-19/h1,10,12,14-15,17H,8-9,11,13H2,2-6H3/t15-,17+/m1/s1. The van der Waals surface area contributed by atoms with Crippen molar-refractivity contribution in [3.8, 4) is 12.3 Å². The lowest BCUT2D eigenvalue weighted by molar-refractivity contribution is -0.131. The summed E-state index contributed by atoms with van der Waals surface area (Å²) >= 11 is 0. The second-order valence-electron chi connectivity index (χ2n) is 8.46. The van der Waals surface area contributed by atoms with Crippen LogP contribution in [0.2, 0.25) is 0 Å². The van der Waals surface area contributed by atoms with Gasteiger partial charge in [0.15, 0.2) is 0 Å². The van der Waals surface area contributed by atoms with Gasteiger partial charge in [0.2, 0.25) is 5.91 Å². The van der Waals surface area contributed by atoms with Gasteiger partial charge in [-0.05, 0) is 39.2 Å². The molecular formula is C21H29N5O. The Kier molecular flexibility index (Phi) is 5.14. The third-order valence-electron chi connectivity index (χ3n) is 5.54. The molecule has 6 nitrogen and oxygen atoms in total. The largest absolute Gasteiger partial charge is 0.354 e. The third-order valence-corrected chi connectivity index (χ3v) is 5.54. The molecule has 0 unspecified atom stereocenters. The van der Waals surface area contributed by atoms with E-state index in [1.807, 2.05) is 4.90 Å². The van der Waals surface area contributed by atoms with E-state index in [2.05, 4.69) is 72.4 Å². The fourth-order valence-corrected chi connectivity index (χ4v) is 3.90. The molecule has 0 aliphatic carbocycles. The van der Waals surface area contributed by atoms with Gasteiger partial charge in [-0.25, -0.2) is 9.97 Å². The number of piperidine rings is 1. The van der Waals surface area contributed by atoms with Gasteiger partial charge in [-0.2, -0.15) is 0 Å². The average molecular weight is 367 g/mol. The van der Waals surface area contributed by atoms with Gasteiger partial charge in [-0.1, -0.05) is 12.8 Å². The molecule has 144 valence electrons. The molecule has 1 amide bonds. The molecule has 3 heterocycles.